The van der Waals surface area contributed by atoms with Crippen LogP contribution in [0.4, 0.5) is 17.6 Å². The molecule has 2 N–H and O–H groups in total. The van der Waals surface area contributed by atoms with E-state index in [-0.39, 0.29) is 12.4 Å². The second-order valence-electron chi connectivity index (χ2n) is 5.82. The van der Waals surface area contributed by atoms with Crippen LogP contribution >= 0.6 is 12.4 Å². The Morgan fingerprint density at radius 1 is 0.696 bits per heavy atom. The van der Waals surface area contributed by atoms with Crippen molar-refractivity contribution in [2.45, 2.75) is 31.2 Å². The van der Waals surface area contributed by atoms with Crippen LogP contribution in [0.3, 0.4) is 0 Å². The van der Waals surface area contributed by atoms with E-state index in [0.29, 0.717) is 5.56 Å². The summed E-state index contributed by atoms with van der Waals surface area (Å²) in [5.41, 5.74) is 3.85. The highest BCUT2D eigenvalue weighted by atomic mass is 35.5. The lowest BCUT2D eigenvalue weighted by atomic mass is 9.90. The van der Waals surface area contributed by atoms with E-state index in [0.717, 1.165) is 24.3 Å². The molecule has 0 bridgehead atoms. The van der Waals surface area contributed by atoms with Crippen molar-refractivity contribution in [2.24, 2.45) is 5.73 Å². The summed E-state index contributed by atoms with van der Waals surface area (Å²) in [6.07, 6.45) is 0. The van der Waals surface area contributed by atoms with Crippen LogP contribution in [0.1, 0.15) is 30.5 Å². The molecule has 0 saturated carbocycles. The van der Waals surface area contributed by atoms with Crippen molar-refractivity contribution in [3.63, 3.8) is 0 Å². The largest absolute Gasteiger partial charge is 0.339 e. The standard InChI is InChI=1S/C17H17F4N.ClH/c1-15(2,22)13-9-6-10-14(11-13)17(20,21)16(18,19)12-7-4-3-5-8-12;/h3-11H,22H2,1-2H3;1H. The number of rotatable bonds is 4. The van der Waals surface area contributed by atoms with Gasteiger partial charge in [-0.05, 0) is 25.5 Å². The highest BCUT2D eigenvalue weighted by Crippen LogP contribution is 2.49. The average molecular weight is 348 g/mol. The molecule has 126 valence electrons. The fraction of sp³-hybridized carbons (Fsp3) is 0.294. The maximum atomic E-state index is 14.4. The first-order valence-corrected chi connectivity index (χ1v) is 6.78. The van der Waals surface area contributed by atoms with Crippen molar-refractivity contribution in [3.05, 3.63) is 71.3 Å². The highest BCUT2D eigenvalue weighted by Gasteiger charge is 2.58. The number of hydrogen-bond donors (Lipinski definition) is 1. The third-order valence-electron chi connectivity index (χ3n) is 3.50. The Balaban J connectivity index is 0.00000264. The van der Waals surface area contributed by atoms with Gasteiger partial charge in [-0.25, -0.2) is 0 Å². The molecule has 0 amide bonds. The molecule has 0 radical (unpaired) electrons. The van der Waals surface area contributed by atoms with E-state index < -0.39 is 28.5 Å². The van der Waals surface area contributed by atoms with Crippen molar-refractivity contribution in [3.8, 4) is 0 Å². The van der Waals surface area contributed by atoms with E-state index >= 15 is 0 Å². The van der Waals surface area contributed by atoms with Crippen LogP contribution < -0.4 is 5.73 Å². The van der Waals surface area contributed by atoms with Gasteiger partial charge < -0.3 is 5.73 Å². The van der Waals surface area contributed by atoms with E-state index in [1.807, 2.05) is 0 Å². The van der Waals surface area contributed by atoms with Crippen LogP contribution in [-0.2, 0) is 17.4 Å². The van der Waals surface area contributed by atoms with Crippen LogP contribution in [0, 0.1) is 0 Å². The van der Waals surface area contributed by atoms with Gasteiger partial charge in [0.15, 0.2) is 0 Å². The quantitative estimate of drug-likeness (QED) is 0.757. The summed E-state index contributed by atoms with van der Waals surface area (Å²) >= 11 is 0. The van der Waals surface area contributed by atoms with Crippen LogP contribution in [0.15, 0.2) is 54.6 Å². The average Bonchev–Trinajstić information content (AvgIpc) is 2.47. The number of alkyl halides is 4. The Morgan fingerprint density at radius 3 is 1.65 bits per heavy atom. The molecule has 0 fully saturated rings. The summed E-state index contributed by atoms with van der Waals surface area (Å²) in [7, 11) is 0. The zero-order chi connectivity index (χ0) is 16.6. The van der Waals surface area contributed by atoms with E-state index in [2.05, 4.69) is 0 Å². The Labute approximate surface area is 138 Å². The molecule has 6 heteroatoms. The molecule has 0 aliphatic rings. The summed E-state index contributed by atoms with van der Waals surface area (Å²) in [6.45, 7) is 3.25. The first-order chi connectivity index (χ1) is 10.1. The van der Waals surface area contributed by atoms with Crippen molar-refractivity contribution < 1.29 is 17.6 Å². The molecule has 0 aromatic heterocycles. The van der Waals surface area contributed by atoms with E-state index in [1.165, 1.54) is 24.3 Å². The van der Waals surface area contributed by atoms with Crippen LogP contribution in [0.2, 0.25) is 0 Å². The molecule has 1 nitrogen and oxygen atoms in total. The zero-order valence-electron chi connectivity index (χ0n) is 12.7. The molecule has 0 atom stereocenters. The van der Waals surface area contributed by atoms with Crippen molar-refractivity contribution >= 4 is 12.4 Å². The van der Waals surface area contributed by atoms with Crippen molar-refractivity contribution in [1.29, 1.82) is 0 Å². The number of halogens is 5. The molecule has 23 heavy (non-hydrogen) atoms. The SMILES string of the molecule is CC(C)(N)c1cccc(C(F)(F)C(F)(F)c2ccccc2)c1.Cl. The highest BCUT2D eigenvalue weighted by molar-refractivity contribution is 5.85. The third kappa shape index (κ3) is 3.67. The molecule has 0 unspecified atom stereocenters. The predicted octanol–water partition coefficient (Wildman–Crippen LogP) is 5.19. The van der Waals surface area contributed by atoms with Gasteiger partial charge in [-0.2, -0.15) is 17.6 Å². The molecular weight excluding hydrogens is 330 g/mol. The van der Waals surface area contributed by atoms with Crippen molar-refractivity contribution in [1.82, 2.24) is 0 Å². The second kappa shape index (κ2) is 6.49. The lowest BCUT2D eigenvalue weighted by molar-refractivity contribution is -0.223. The smallest absolute Gasteiger partial charge is 0.322 e. The summed E-state index contributed by atoms with van der Waals surface area (Å²) < 4.78 is 57.3. The molecule has 2 aromatic rings. The number of nitrogens with two attached hydrogens (primary N) is 1. The molecular formula is C17H18ClF4N. The molecule has 2 rings (SSSR count). The maximum absolute atomic E-state index is 14.4. The van der Waals surface area contributed by atoms with Gasteiger partial charge in [0.1, 0.15) is 0 Å². The summed E-state index contributed by atoms with van der Waals surface area (Å²) in [5.74, 6) is -8.65. The maximum Gasteiger partial charge on any atom is 0.339 e. The summed E-state index contributed by atoms with van der Waals surface area (Å²) in [6, 6.07) is 11.0. The lowest BCUT2D eigenvalue weighted by Gasteiger charge is -2.28. The topological polar surface area (TPSA) is 26.0 Å². The predicted molar refractivity (Wildman–Crippen MR) is 85.1 cm³/mol. The zero-order valence-corrected chi connectivity index (χ0v) is 13.5. The van der Waals surface area contributed by atoms with Crippen LogP contribution in [-0.4, -0.2) is 0 Å². The molecule has 0 saturated heterocycles. The monoisotopic (exact) mass is 347 g/mol. The number of hydrogen-bond acceptors (Lipinski definition) is 1. The second-order valence-corrected chi connectivity index (χ2v) is 5.82. The summed E-state index contributed by atoms with van der Waals surface area (Å²) in [4.78, 5) is 0. The Kier molecular flexibility index (Phi) is 5.49. The van der Waals surface area contributed by atoms with Crippen LogP contribution in [0.25, 0.3) is 0 Å². The summed E-state index contributed by atoms with van der Waals surface area (Å²) in [5, 5.41) is 0. The minimum atomic E-state index is -4.34. The van der Waals surface area contributed by atoms with E-state index in [4.69, 9.17) is 5.73 Å². The minimum Gasteiger partial charge on any atom is -0.322 e. The van der Waals surface area contributed by atoms with Gasteiger partial charge in [-0.3, -0.25) is 0 Å². The minimum absolute atomic E-state index is 0. The van der Waals surface area contributed by atoms with Gasteiger partial charge in [0.25, 0.3) is 0 Å². The molecule has 0 aliphatic heterocycles. The molecule has 0 heterocycles. The fourth-order valence-corrected chi connectivity index (χ4v) is 2.13. The fourth-order valence-electron chi connectivity index (χ4n) is 2.13. The van der Waals surface area contributed by atoms with Crippen molar-refractivity contribution in [2.75, 3.05) is 0 Å². The Hall–Kier alpha value is -1.59. The third-order valence-corrected chi connectivity index (χ3v) is 3.50. The van der Waals surface area contributed by atoms with Gasteiger partial charge in [-0.15, -0.1) is 12.4 Å². The number of benzene rings is 2. The van der Waals surface area contributed by atoms with E-state index in [9.17, 15) is 17.6 Å². The van der Waals surface area contributed by atoms with Gasteiger partial charge in [-0.1, -0.05) is 48.5 Å². The van der Waals surface area contributed by atoms with Gasteiger partial charge in [0.05, 0.1) is 0 Å². The van der Waals surface area contributed by atoms with Gasteiger partial charge in [0.2, 0.25) is 0 Å². The first kappa shape index (κ1) is 19.5. The van der Waals surface area contributed by atoms with E-state index in [1.54, 1.807) is 19.9 Å². The van der Waals surface area contributed by atoms with Crippen LogP contribution in [0.5, 0.6) is 0 Å². The molecule has 2 aromatic carbocycles. The van der Waals surface area contributed by atoms with Gasteiger partial charge >= 0.3 is 11.8 Å². The Bertz CT molecular complexity index is 651. The normalized spacial score (nSPS) is 12.7. The van der Waals surface area contributed by atoms with Gasteiger partial charge in [0, 0.05) is 16.7 Å². The lowest BCUT2D eigenvalue weighted by Crippen LogP contribution is -2.36. The molecule has 0 spiro atoms. The Morgan fingerprint density at radius 2 is 1.13 bits per heavy atom. The first-order valence-electron chi connectivity index (χ1n) is 6.78. The molecule has 0 aliphatic carbocycles.